The summed E-state index contributed by atoms with van der Waals surface area (Å²) < 4.78 is 11.0. The average molecular weight is 407 g/mol. The summed E-state index contributed by atoms with van der Waals surface area (Å²) in [7, 11) is 0. The summed E-state index contributed by atoms with van der Waals surface area (Å²) in [4.78, 5) is 14.5. The van der Waals surface area contributed by atoms with Gasteiger partial charge in [0, 0.05) is 36.4 Å². The van der Waals surface area contributed by atoms with E-state index in [4.69, 9.17) is 26.0 Å². The van der Waals surface area contributed by atoms with E-state index in [1.165, 1.54) is 11.8 Å². The largest absolute Gasteiger partial charge is 0.411 e. The fraction of sp³-hybridized carbons (Fsp3) is 0.444. The Kier molecular flexibility index (Phi) is 7.10. The number of aromatic nitrogens is 2. The number of nitriles is 1. The first-order chi connectivity index (χ1) is 13.2. The van der Waals surface area contributed by atoms with Gasteiger partial charge in [-0.1, -0.05) is 23.4 Å². The second-order valence-corrected chi connectivity index (χ2v) is 7.37. The molecule has 1 fully saturated rings. The fourth-order valence-corrected chi connectivity index (χ4v) is 3.64. The summed E-state index contributed by atoms with van der Waals surface area (Å²) in [6.45, 7) is 1.71. The van der Waals surface area contributed by atoms with Crippen LogP contribution < -0.4 is 0 Å². The minimum Gasteiger partial charge on any atom is -0.411 e. The van der Waals surface area contributed by atoms with Crippen LogP contribution in [-0.4, -0.2) is 52.6 Å². The lowest BCUT2D eigenvalue weighted by Gasteiger charge is -2.33. The molecule has 0 saturated carbocycles. The number of halogens is 1. The van der Waals surface area contributed by atoms with Crippen LogP contribution >= 0.6 is 23.4 Å². The van der Waals surface area contributed by atoms with Crippen molar-refractivity contribution in [2.75, 3.05) is 25.5 Å². The molecule has 7 nitrogen and oxygen atoms in total. The second kappa shape index (κ2) is 9.74. The van der Waals surface area contributed by atoms with Gasteiger partial charge < -0.3 is 14.1 Å². The Morgan fingerprint density at radius 1 is 1.30 bits per heavy atom. The molecule has 1 amide bonds. The Morgan fingerprint density at radius 3 is 2.74 bits per heavy atom. The smallest absolute Gasteiger partial charge is 0.277 e. The number of hydrogen-bond donors (Lipinski definition) is 0. The molecular formula is C18H19ClN4O3S. The van der Waals surface area contributed by atoms with Crippen molar-refractivity contribution in [3.8, 4) is 17.5 Å². The molecule has 0 bridgehead atoms. The molecule has 2 heterocycles. The molecule has 9 heteroatoms. The summed E-state index contributed by atoms with van der Waals surface area (Å²) in [6.07, 6.45) is 1.90. The molecule has 3 rings (SSSR count). The highest BCUT2D eigenvalue weighted by molar-refractivity contribution is 7.99. The predicted octanol–water partition coefficient (Wildman–Crippen LogP) is 3.40. The zero-order valence-electron chi connectivity index (χ0n) is 14.6. The van der Waals surface area contributed by atoms with Gasteiger partial charge in [-0.2, -0.15) is 5.26 Å². The molecular weight excluding hydrogens is 388 g/mol. The van der Waals surface area contributed by atoms with Gasteiger partial charge in [-0.3, -0.25) is 4.79 Å². The van der Waals surface area contributed by atoms with E-state index < -0.39 is 0 Å². The van der Waals surface area contributed by atoms with Gasteiger partial charge in [0.2, 0.25) is 11.8 Å². The first-order valence-electron chi connectivity index (χ1n) is 8.64. The lowest BCUT2D eigenvalue weighted by Crippen LogP contribution is -2.44. The number of carbonyl (C=O) groups excluding carboxylic acids is 1. The summed E-state index contributed by atoms with van der Waals surface area (Å²) >= 11 is 7.08. The zero-order valence-corrected chi connectivity index (χ0v) is 16.2. The molecule has 0 spiro atoms. The number of thioether (sulfide) groups is 1. The van der Waals surface area contributed by atoms with Crippen LogP contribution in [0.2, 0.25) is 5.02 Å². The number of rotatable bonds is 7. The first-order valence-corrected chi connectivity index (χ1v) is 10.00. The Bertz CT molecular complexity index is 800. The van der Waals surface area contributed by atoms with Crippen LogP contribution in [0.3, 0.4) is 0 Å². The van der Waals surface area contributed by atoms with Crippen molar-refractivity contribution in [3.05, 3.63) is 29.3 Å². The third-order valence-corrected chi connectivity index (χ3v) is 5.29. The van der Waals surface area contributed by atoms with Gasteiger partial charge in [0.25, 0.3) is 5.22 Å². The summed E-state index contributed by atoms with van der Waals surface area (Å²) in [5.74, 6) is 0.533. The van der Waals surface area contributed by atoms with E-state index in [1.807, 2.05) is 0 Å². The molecule has 1 aromatic carbocycles. The monoisotopic (exact) mass is 406 g/mol. The molecule has 0 N–H and O–H groups in total. The average Bonchev–Trinajstić information content (AvgIpc) is 3.17. The van der Waals surface area contributed by atoms with Gasteiger partial charge in [0.1, 0.15) is 0 Å². The Balaban J connectivity index is 1.59. The topological polar surface area (TPSA) is 92.2 Å². The van der Waals surface area contributed by atoms with E-state index in [2.05, 4.69) is 16.3 Å². The maximum atomic E-state index is 12.7. The Hall–Kier alpha value is -2.08. The van der Waals surface area contributed by atoms with Gasteiger partial charge >= 0.3 is 0 Å². The van der Waals surface area contributed by atoms with E-state index >= 15 is 0 Å². The van der Waals surface area contributed by atoms with Crippen molar-refractivity contribution in [1.82, 2.24) is 15.1 Å². The van der Waals surface area contributed by atoms with Crippen LogP contribution in [-0.2, 0) is 9.53 Å². The number of nitrogens with zero attached hydrogens (tertiary/aromatic N) is 4. The minimum atomic E-state index is -0.0339. The maximum absolute atomic E-state index is 12.7. The van der Waals surface area contributed by atoms with Crippen LogP contribution in [0, 0.1) is 11.3 Å². The first kappa shape index (κ1) is 19.7. The van der Waals surface area contributed by atoms with Crippen molar-refractivity contribution in [3.63, 3.8) is 0 Å². The summed E-state index contributed by atoms with van der Waals surface area (Å²) in [5.41, 5.74) is 0.767. The zero-order chi connectivity index (χ0) is 19.1. The van der Waals surface area contributed by atoms with E-state index in [0.29, 0.717) is 42.3 Å². The van der Waals surface area contributed by atoms with Crippen LogP contribution in [0.25, 0.3) is 11.5 Å². The Morgan fingerprint density at radius 2 is 2.04 bits per heavy atom. The summed E-state index contributed by atoms with van der Waals surface area (Å²) in [6, 6.07) is 9.32. The SMILES string of the molecule is N#CCCN(C(=O)CSc1nnc(-c2ccc(Cl)cc2)o1)C1CCOCC1. The third kappa shape index (κ3) is 5.45. The molecule has 27 heavy (non-hydrogen) atoms. The normalized spacial score (nSPS) is 14.7. The lowest BCUT2D eigenvalue weighted by molar-refractivity contribution is -0.132. The highest BCUT2D eigenvalue weighted by Crippen LogP contribution is 2.25. The molecule has 1 aliphatic heterocycles. The minimum absolute atomic E-state index is 0.0339. The number of hydrogen-bond acceptors (Lipinski definition) is 7. The second-order valence-electron chi connectivity index (χ2n) is 6.01. The summed E-state index contributed by atoms with van der Waals surface area (Å²) in [5, 5.41) is 17.8. The predicted molar refractivity (Wildman–Crippen MR) is 101 cm³/mol. The van der Waals surface area contributed by atoms with Gasteiger partial charge in [-0.15, -0.1) is 10.2 Å². The van der Waals surface area contributed by atoms with Gasteiger partial charge in [-0.25, -0.2) is 0 Å². The molecule has 0 radical (unpaired) electrons. The fourth-order valence-electron chi connectivity index (χ4n) is 2.86. The molecule has 142 valence electrons. The molecule has 0 aliphatic carbocycles. The third-order valence-electron chi connectivity index (χ3n) is 4.23. The lowest BCUT2D eigenvalue weighted by atomic mass is 10.1. The van der Waals surface area contributed by atoms with Crippen LogP contribution in [0.4, 0.5) is 0 Å². The highest BCUT2D eigenvalue weighted by Gasteiger charge is 2.26. The van der Waals surface area contributed by atoms with Crippen molar-refractivity contribution >= 4 is 29.3 Å². The van der Waals surface area contributed by atoms with Crippen LogP contribution in [0.15, 0.2) is 33.9 Å². The van der Waals surface area contributed by atoms with Crippen LogP contribution in [0.5, 0.6) is 0 Å². The Labute approximate surface area is 166 Å². The molecule has 1 aromatic heterocycles. The molecule has 1 saturated heterocycles. The number of amides is 1. The van der Waals surface area contributed by atoms with Crippen molar-refractivity contribution in [2.45, 2.75) is 30.5 Å². The van der Waals surface area contributed by atoms with Crippen LogP contribution in [0.1, 0.15) is 19.3 Å². The molecule has 0 unspecified atom stereocenters. The van der Waals surface area contributed by atoms with Crippen molar-refractivity contribution < 1.29 is 13.9 Å². The molecule has 1 aliphatic rings. The van der Waals surface area contributed by atoms with E-state index in [-0.39, 0.29) is 17.7 Å². The highest BCUT2D eigenvalue weighted by atomic mass is 35.5. The van der Waals surface area contributed by atoms with E-state index in [1.54, 1.807) is 29.2 Å². The quantitative estimate of drug-likeness (QED) is 0.650. The maximum Gasteiger partial charge on any atom is 0.277 e. The number of ether oxygens (including phenoxy) is 1. The molecule has 0 atom stereocenters. The van der Waals surface area contributed by atoms with E-state index in [9.17, 15) is 4.79 Å². The standard InChI is InChI=1S/C18H19ClN4O3S/c19-14-4-2-13(3-5-14)17-21-22-18(26-17)27-12-16(24)23(9-1-8-20)15-6-10-25-11-7-15/h2-5,15H,1,6-7,9-12H2. The molecule has 2 aromatic rings. The van der Waals surface area contributed by atoms with Gasteiger partial charge in [0.15, 0.2) is 0 Å². The van der Waals surface area contributed by atoms with Gasteiger partial charge in [0.05, 0.1) is 18.2 Å². The number of benzene rings is 1. The number of carbonyl (C=O) groups is 1. The van der Waals surface area contributed by atoms with Gasteiger partial charge in [-0.05, 0) is 37.1 Å². The van der Waals surface area contributed by atoms with E-state index in [0.717, 1.165) is 18.4 Å². The van der Waals surface area contributed by atoms with Crippen molar-refractivity contribution in [1.29, 1.82) is 5.26 Å². The van der Waals surface area contributed by atoms with Crippen molar-refractivity contribution in [2.24, 2.45) is 0 Å².